The van der Waals surface area contributed by atoms with E-state index >= 15 is 0 Å². The van der Waals surface area contributed by atoms with Crippen molar-refractivity contribution in [1.82, 2.24) is 52.4 Å². The first kappa shape index (κ1) is 62.1. The molecule has 432 valence electrons. The van der Waals surface area contributed by atoms with E-state index in [1.807, 2.05) is 0 Å². The fourth-order valence-corrected chi connectivity index (χ4v) is 10.5. The molecule has 0 spiro atoms. The summed E-state index contributed by atoms with van der Waals surface area (Å²) in [6, 6.07) is -5.23. The van der Waals surface area contributed by atoms with Crippen molar-refractivity contribution in [2.24, 2.45) is 17.6 Å². The number of carbonyl (C=O) groups excluding carboxylic acids is 10. The van der Waals surface area contributed by atoms with E-state index in [1.165, 1.54) is 6.92 Å². The summed E-state index contributed by atoms with van der Waals surface area (Å²) in [6.07, 6.45) is -2.11. The van der Waals surface area contributed by atoms with Crippen LogP contribution in [0.15, 0.2) is 23.2 Å². The number of aliphatic hydroxyl groups is 3. The van der Waals surface area contributed by atoms with Crippen LogP contribution >= 0.6 is 0 Å². The molecule has 5 rings (SSSR count). The van der Waals surface area contributed by atoms with Crippen molar-refractivity contribution in [2.45, 2.75) is 152 Å². The summed E-state index contributed by atoms with van der Waals surface area (Å²) in [5.74, 6) is -11.4. The summed E-state index contributed by atoms with van der Waals surface area (Å²) in [5, 5.41) is 52.0. The Hall–Kier alpha value is -6.75. The predicted octanol–water partition coefficient (Wildman–Crippen LogP) is -3.16. The predicted molar refractivity (Wildman–Crippen MR) is 279 cm³/mol. The van der Waals surface area contributed by atoms with Crippen molar-refractivity contribution in [3.05, 3.63) is 23.8 Å². The molecular formula is C50H75N11O16S. The Bertz CT molecular complexity index is 2520. The zero-order valence-electron chi connectivity index (χ0n) is 44.7. The summed E-state index contributed by atoms with van der Waals surface area (Å²) in [7, 11) is 0. The van der Waals surface area contributed by atoms with Crippen molar-refractivity contribution in [3.8, 4) is 5.75 Å². The van der Waals surface area contributed by atoms with E-state index in [1.54, 1.807) is 52.8 Å². The SMILES string of the molecule is CCC(C)C1NC(=O)CNC(=O)C2Cc3c([nH]c4cc(OCCCCCCNC(=O)OC(C)(C)C)ccc34)[S+]([O-])CC(NC(=O)CNC1=O)C(=O)N[C@@H](CC(N)=O)C(=O)N1C[C@H](O)CC1C(=O)NC([C@@H](C)[C@@H](O)CO)C(=O)N2. The number of aromatic nitrogens is 1. The van der Waals surface area contributed by atoms with E-state index < -0.39 is 188 Å². The van der Waals surface area contributed by atoms with Crippen LogP contribution in [0.4, 0.5) is 4.79 Å². The lowest BCUT2D eigenvalue weighted by Gasteiger charge is -2.32. The van der Waals surface area contributed by atoms with Gasteiger partial charge in [0, 0.05) is 60.0 Å². The fourth-order valence-electron chi connectivity index (χ4n) is 9.06. The number of alkyl carbamates (subject to hydrolysis) is 1. The molecule has 14 N–H and O–H groups in total. The molecule has 1 fully saturated rings. The number of aliphatic hydroxyl groups excluding tert-OH is 3. The Balaban J connectivity index is 1.62. The molecule has 27 nitrogen and oxygen atoms in total. The minimum atomic E-state index is -2.39. The van der Waals surface area contributed by atoms with Gasteiger partial charge >= 0.3 is 6.09 Å². The molecule has 3 aliphatic rings. The van der Waals surface area contributed by atoms with Gasteiger partial charge < -0.3 is 87.5 Å². The molecule has 1 aromatic carbocycles. The number of benzene rings is 1. The van der Waals surface area contributed by atoms with E-state index in [2.05, 4.69) is 47.5 Å². The standard InChI is InChI=1S/C50H75N11O16S/c1-7-25(2)40-45(71)54-20-38(66)55-34-24-78(75)47-30(29-13-12-28(17-31(29)58-47)76-15-11-9-8-10-14-52-49(74)77-50(4,5)6)18-32(42(68)53-21-39(67)59-40)56-46(72)41(26(3)36(64)23-62)60-44(70)35-16-27(63)22-61(35)48(73)33(19-37(51)65)57-43(34)69/h12-13,17,25-27,32-36,40-41,58,62-64H,7-11,14-16,18-24H2,1-6H3,(H2,51,65)(H,52,74)(H,53,68)(H,54,71)(H,55,66)(H,56,72)(H,57,69)(H,59,67)(H,60,70)/t25?,26-,27+,32?,33-,34?,35?,36-,40?,41?,78?/m0/s1. The average molecular weight is 1120 g/mol. The van der Waals surface area contributed by atoms with Crippen molar-refractivity contribution in [3.63, 3.8) is 0 Å². The normalized spacial score (nSPS) is 25.6. The number of rotatable bonds is 15. The molecule has 1 saturated heterocycles. The van der Waals surface area contributed by atoms with Gasteiger partial charge in [-0.3, -0.25) is 43.2 Å². The summed E-state index contributed by atoms with van der Waals surface area (Å²) in [5.41, 5.74) is 5.35. The van der Waals surface area contributed by atoms with Crippen LogP contribution in [-0.2, 0) is 65.5 Å². The zero-order chi connectivity index (χ0) is 57.6. The summed E-state index contributed by atoms with van der Waals surface area (Å²) < 4.78 is 26.3. The van der Waals surface area contributed by atoms with Gasteiger partial charge in [-0.25, -0.2) is 4.79 Å². The highest BCUT2D eigenvalue weighted by Gasteiger charge is 2.45. The van der Waals surface area contributed by atoms with Gasteiger partial charge in [-0.2, -0.15) is 0 Å². The third-order valence-corrected chi connectivity index (χ3v) is 15.0. The van der Waals surface area contributed by atoms with Crippen molar-refractivity contribution < 1.29 is 77.3 Å². The third kappa shape index (κ3) is 17.4. The van der Waals surface area contributed by atoms with Gasteiger partial charge in [-0.05, 0) is 51.7 Å². The summed E-state index contributed by atoms with van der Waals surface area (Å²) in [6.45, 7) is 7.77. The van der Waals surface area contributed by atoms with Crippen LogP contribution in [-0.4, -0.2) is 188 Å². The van der Waals surface area contributed by atoms with Crippen LogP contribution in [0.3, 0.4) is 0 Å². The number of hydrogen-bond acceptors (Lipinski definition) is 16. The number of nitrogens with two attached hydrogens (primary N) is 1. The molecule has 10 amide bonds. The smallest absolute Gasteiger partial charge is 0.407 e. The minimum Gasteiger partial charge on any atom is -0.610 e. The second-order valence-electron chi connectivity index (χ2n) is 20.8. The molecule has 2 bridgehead atoms. The van der Waals surface area contributed by atoms with Crippen LogP contribution in [0.25, 0.3) is 10.9 Å². The molecule has 28 heteroatoms. The lowest BCUT2D eigenvalue weighted by Crippen LogP contribution is -2.62. The molecule has 11 atom stereocenters. The maximum atomic E-state index is 15.0. The molecule has 2 aromatic rings. The van der Waals surface area contributed by atoms with Crippen molar-refractivity contribution in [1.29, 1.82) is 0 Å². The van der Waals surface area contributed by atoms with Crippen LogP contribution in [0.2, 0.25) is 0 Å². The lowest BCUT2D eigenvalue weighted by molar-refractivity contribution is -0.144. The van der Waals surface area contributed by atoms with Crippen LogP contribution in [0.5, 0.6) is 5.75 Å². The van der Waals surface area contributed by atoms with E-state index in [0.717, 1.165) is 17.7 Å². The number of carbonyl (C=O) groups is 10. The van der Waals surface area contributed by atoms with E-state index in [4.69, 9.17) is 15.2 Å². The number of aromatic amines is 1. The van der Waals surface area contributed by atoms with Crippen LogP contribution in [0.1, 0.15) is 92.1 Å². The fraction of sp³-hybridized carbons (Fsp3) is 0.640. The molecule has 7 unspecified atom stereocenters. The van der Waals surface area contributed by atoms with Gasteiger partial charge in [0.25, 0.3) is 0 Å². The monoisotopic (exact) mass is 1120 g/mol. The quantitative estimate of drug-likeness (QED) is 0.0618. The largest absolute Gasteiger partial charge is 0.610 e. The van der Waals surface area contributed by atoms with Crippen LogP contribution in [0, 0.1) is 11.8 Å². The number of primary amides is 1. The maximum Gasteiger partial charge on any atom is 0.407 e. The second-order valence-corrected chi connectivity index (χ2v) is 22.3. The van der Waals surface area contributed by atoms with E-state index in [-0.39, 0.29) is 17.2 Å². The Morgan fingerprint density at radius 1 is 0.872 bits per heavy atom. The lowest BCUT2D eigenvalue weighted by atomic mass is 9.93. The number of fused-ring (bicyclic) bond motifs is 5. The molecule has 0 radical (unpaired) electrons. The molecule has 0 saturated carbocycles. The first-order valence-corrected chi connectivity index (χ1v) is 27.4. The van der Waals surface area contributed by atoms with Gasteiger partial charge in [0.15, 0.2) is 6.04 Å². The highest BCUT2D eigenvalue weighted by Crippen LogP contribution is 2.32. The first-order chi connectivity index (χ1) is 36.8. The molecule has 78 heavy (non-hydrogen) atoms. The number of ether oxygens (including phenoxy) is 2. The number of unbranched alkanes of at least 4 members (excludes halogenated alkanes) is 3. The van der Waals surface area contributed by atoms with E-state index in [0.29, 0.717) is 42.5 Å². The Morgan fingerprint density at radius 3 is 2.22 bits per heavy atom. The van der Waals surface area contributed by atoms with Gasteiger partial charge in [0.2, 0.25) is 58.2 Å². The maximum absolute atomic E-state index is 15.0. The topological polar surface area (TPSA) is 414 Å². The minimum absolute atomic E-state index is 0.123. The van der Waals surface area contributed by atoms with Crippen molar-refractivity contribution >= 4 is 81.3 Å². The second kappa shape index (κ2) is 28.2. The van der Waals surface area contributed by atoms with Crippen molar-refractivity contribution in [2.75, 3.05) is 45.1 Å². The Morgan fingerprint density at radius 2 is 1.55 bits per heavy atom. The molecule has 4 heterocycles. The summed E-state index contributed by atoms with van der Waals surface area (Å²) in [4.78, 5) is 142. The highest BCUT2D eigenvalue weighted by atomic mass is 32.2. The molecule has 0 aliphatic carbocycles. The van der Waals surface area contributed by atoms with Gasteiger partial charge in [-0.15, -0.1) is 0 Å². The Labute approximate surface area is 453 Å². The van der Waals surface area contributed by atoms with Gasteiger partial charge in [-0.1, -0.05) is 40.0 Å². The summed E-state index contributed by atoms with van der Waals surface area (Å²) >= 11 is -2.39. The zero-order valence-corrected chi connectivity index (χ0v) is 45.5. The third-order valence-electron chi connectivity index (χ3n) is 13.5. The number of H-pyrrole nitrogens is 1. The van der Waals surface area contributed by atoms with E-state index in [9.17, 15) is 67.8 Å². The van der Waals surface area contributed by atoms with Crippen LogP contribution < -0.4 is 53.0 Å². The first-order valence-electron chi connectivity index (χ1n) is 26.0. The average Bonchev–Trinajstić information content (AvgIpc) is 3.97. The molecule has 1 aromatic heterocycles. The van der Waals surface area contributed by atoms with Gasteiger partial charge in [0.1, 0.15) is 47.3 Å². The number of hydrogen-bond donors (Lipinski definition) is 13. The molecular weight excluding hydrogens is 1040 g/mol. The highest BCUT2D eigenvalue weighted by molar-refractivity contribution is 7.91. The Kier molecular flexibility index (Phi) is 22.5. The number of amides is 10. The number of nitrogens with zero attached hydrogens (tertiary/aromatic N) is 1. The number of nitrogens with one attached hydrogen (secondary N) is 9. The van der Waals surface area contributed by atoms with Gasteiger partial charge in [0.05, 0.1) is 50.4 Å². The molecule has 3 aliphatic heterocycles.